The fraction of sp³-hybridized carbons (Fsp3) is 0.273. The summed E-state index contributed by atoms with van der Waals surface area (Å²) in [5.74, 6) is 0. The Morgan fingerprint density at radius 2 is 1.42 bits per heavy atom. The Morgan fingerprint density at radius 3 is 2.05 bits per heavy atom. The maximum absolute atomic E-state index is 15.1. The predicted octanol–water partition coefficient (Wildman–Crippen LogP) is 7.98. The fourth-order valence-electron chi connectivity index (χ4n) is 6.63. The van der Waals surface area contributed by atoms with E-state index >= 15 is 13.2 Å². The van der Waals surface area contributed by atoms with E-state index < -0.39 is 30.0 Å². The highest BCUT2D eigenvalue weighted by Crippen LogP contribution is 2.62. The van der Waals surface area contributed by atoms with Crippen molar-refractivity contribution >= 4 is 0 Å². The third kappa shape index (κ3) is 4.44. The van der Waals surface area contributed by atoms with Crippen molar-refractivity contribution in [2.24, 2.45) is 5.41 Å². The summed E-state index contributed by atoms with van der Waals surface area (Å²) in [5, 5.41) is 0. The molecule has 1 aliphatic carbocycles. The zero-order chi connectivity index (χ0) is 26.3. The number of hydrogen-bond donors (Lipinski definition) is 0. The molecule has 1 saturated heterocycles. The van der Waals surface area contributed by atoms with Gasteiger partial charge >= 0.3 is 6.18 Å². The molecule has 194 valence electrons. The monoisotopic (exact) mass is 513 g/mol. The van der Waals surface area contributed by atoms with E-state index in [0.717, 1.165) is 33.4 Å². The molecule has 0 saturated carbocycles. The van der Waals surface area contributed by atoms with Crippen LogP contribution in [0.4, 0.5) is 13.2 Å². The molecule has 6 rings (SSSR count). The van der Waals surface area contributed by atoms with E-state index in [2.05, 4.69) is 11.0 Å². The molecule has 1 aliphatic heterocycles. The number of alkyl halides is 3. The molecule has 0 N–H and O–H groups in total. The summed E-state index contributed by atoms with van der Waals surface area (Å²) < 4.78 is 51.7. The Balaban J connectivity index is 1.58. The molecular formula is C33H30F3NO. The van der Waals surface area contributed by atoms with E-state index in [1.807, 2.05) is 110 Å². The molecule has 1 heterocycles. The number of aryl methyl sites for hydroxylation is 1. The van der Waals surface area contributed by atoms with Crippen LogP contribution < -0.4 is 0 Å². The van der Waals surface area contributed by atoms with Crippen LogP contribution in [0.1, 0.15) is 45.7 Å². The summed E-state index contributed by atoms with van der Waals surface area (Å²) in [7, 11) is 0. The van der Waals surface area contributed by atoms with Gasteiger partial charge in [-0.2, -0.15) is 13.2 Å². The smallest absolute Gasteiger partial charge is 0.345 e. The van der Waals surface area contributed by atoms with E-state index in [1.54, 1.807) is 0 Å². The molecule has 0 aromatic heterocycles. The lowest BCUT2D eigenvalue weighted by atomic mass is 9.68. The molecule has 4 aromatic rings. The molecule has 0 unspecified atom stereocenters. The average Bonchev–Trinajstić information content (AvgIpc) is 3.23. The molecule has 0 amide bonds. The van der Waals surface area contributed by atoms with Gasteiger partial charge in [0.25, 0.3) is 0 Å². The highest BCUT2D eigenvalue weighted by molar-refractivity contribution is 5.44. The van der Waals surface area contributed by atoms with Crippen molar-refractivity contribution in [2.45, 2.75) is 50.9 Å². The lowest BCUT2D eigenvalue weighted by Crippen LogP contribution is -2.60. The highest BCUT2D eigenvalue weighted by atomic mass is 19.4. The Morgan fingerprint density at radius 1 is 0.816 bits per heavy atom. The Labute approximate surface area is 221 Å². The summed E-state index contributed by atoms with van der Waals surface area (Å²) in [6, 6.07) is 34.5. The van der Waals surface area contributed by atoms with Gasteiger partial charge in [-0.15, -0.1) is 0 Å². The Hall–Kier alpha value is -3.41. The van der Waals surface area contributed by atoms with Crippen molar-refractivity contribution in [3.8, 4) is 0 Å². The Kier molecular flexibility index (Phi) is 6.37. The minimum Gasteiger partial charge on any atom is -0.345 e. The molecule has 4 atom stereocenters. The van der Waals surface area contributed by atoms with Gasteiger partial charge in [0, 0.05) is 18.0 Å². The molecule has 2 nitrogen and oxygen atoms in total. The van der Waals surface area contributed by atoms with Gasteiger partial charge in [0.2, 0.25) is 0 Å². The van der Waals surface area contributed by atoms with Crippen molar-refractivity contribution in [3.05, 3.63) is 143 Å². The summed E-state index contributed by atoms with van der Waals surface area (Å²) >= 11 is 0. The van der Waals surface area contributed by atoms with Crippen molar-refractivity contribution in [2.75, 3.05) is 0 Å². The third-order valence-corrected chi connectivity index (χ3v) is 8.04. The molecule has 5 heteroatoms. The SMILES string of the molecule is Cc1ccc2c(c1)C[C@]1(Cc3ccccc3)[C@@H](C(F)(F)F)O[C@@H](c3ccccc3)N(Cc3ccccc3)[C@H]21. The van der Waals surface area contributed by atoms with Crippen molar-refractivity contribution in [1.29, 1.82) is 0 Å². The number of rotatable bonds is 5. The van der Waals surface area contributed by atoms with Crippen LogP contribution in [-0.4, -0.2) is 17.2 Å². The molecule has 0 bridgehead atoms. The molecule has 1 fully saturated rings. The second-order valence-corrected chi connectivity index (χ2v) is 10.7. The van der Waals surface area contributed by atoms with Crippen LogP contribution in [0.2, 0.25) is 0 Å². The quantitative estimate of drug-likeness (QED) is 0.268. The summed E-state index contributed by atoms with van der Waals surface area (Å²) in [5.41, 5.74) is 4.45. The first-order valence-electron chi connectivity index (χ1n) is 13.1. The first-order valence-corrected chi connectivity index (χ1v) is 13.1. The topological polar surface area (TPSA) is 12.5 Å². The van der Waals surface area contributed by atoms with Crippen LogP contribution in [0.3, 0.4) is 0 Å². The van der Waals surface area contributed by atoms with Crippen molar-refractivity contribution in [3.63, 3.8) is 0 Å². The first kappa shape index (κ1) is 24.9. The minimum atomic E-state index is -4.53. The zero-order valence-corrected chi connectivity index (χ0v) is 21.2. The van der Waals surface area contributed by atoms with Gasteiger partial charge in [-0.05, 0) is 47.6 Å². The number of ether oxygens (including phenoxy) is 1. The number of hydrogen-bond acceptors (Lipinski definition) is 2. The van der Waals surface area contributed by atoms with Crippen molar-refractivity contribution in [1.82, 2.24) is 4.90 Å². The van der Waals surface area contributed by atoms with Crippen LogP contribution in [0, 0.1) is 12.3 Å². The summed E-state index contributed by atoms with van der Waals surface area (Å²) in [6.07, 6.45) is -6.73. The predicted molar refractivity (Wildman–Crippen MR) is 142 cm³/mol. The summed E-state index contributed by atoms with van der Waals surface area (Å²) in [4.78, 5) is 2.16. The normalized spacial score (nSPS) is 25.1. The van der Waals surface area contributed by atoms with E-state index in [0.29, 0.717) is 13.0 Å². The zero-order valence-electron chi connectivity index (χ0n) is 21.2. The van der Waals surface area contributed by atoms with Gasteiger partial charge in [0.15, 0.2) is 6.10 Å². The average molecular weight is 514 g/mol. The molecule has 4 aromatic carbocycles. The van der Waals surface area contributed by atoms with Crippen molar-refractivity contribution < 1.29 is 17.9 Å². The van der Waals surface area contributed by atoms with Gasteiger partial charge in [-0.25, -0.2) is 0 Å². The third-order valence-electron chi connectivity index (χ3n) is 8.04. The van der Waals surface area contributed by atoms with Gasteiger partial charge < -0.3 is 4.74 Å². The largest absolute Gasteiger partial charge is 0.415 e. The maximum Gasteiger partial charge on any atom is 0.415 e. The van der Waals surface area contributed by atoms with E-state index in [-0.39, 0.29) is 6.42 Å². The standard InChI is InChI=1S/C33H30F3NO/c1-23-17-18-28-27(19-23)21-32(20-24-11-5-2-6-12-24)29(28)37(22-25-13-7-3-8-14-25)30(26-15-9-4-10-16-26)38-31(32)33(34,35)36/h2-19,29-31H,20-22H2,1H3/t29-,30+,31+,32+/m1/s1. The number of benzene rings is 4. The van der Waals surface area contributed by atoms with Crippen LogP contribution in [0.5, 0.6) is 0 Å². The maximum atomic E-state index is 15.1. The van der Waals surface area contributed by atoms with Crippen LogP contribution in [-0.2, 0) is 24.1 Å². The number of nitrogens with zero attached hydrogens (tertiary/aromatic N) is 1. The van der Waals surface area contributed by atoms with Gasteiger partial charge in [-0.3, -0.25) is 4.90 Å². The molecule has 2 aliphatic rings. The second-order valence-electron chi connectivity index (χ2n) is 10.7. The fourth-order valence-corrected chi connectivity index (χ4v) is 6.63. The minimum absolute atomic E-state index is 0.267. The summed E-state index contributed by atoms with van der Waals surface area (Å²) in [6.45, 7) is 2.47. The number of fused-ring (bicyclic) bond motifs is 3. The van der Waals surface area contributed by atoms with E-state index in [1.165, 1.54) is 0 Å². The first-order chi connectivity index (χ1) is 18.3. The van der Waals surface area contributed by atoms with Gasteiger partial charge in [0.1, 0.15) is 6.23 Å². The molecular weight excluding hydrogens is 483 g/mol. The highest BCUT2D eigenvalue weighted by Gasteiger charge is 2.66. The Bertz CT molecular complexity index is 1390. The van der Waals surface area contributed by atoms with Gasteiger partial charge in [0.05, 0.1) is 0 Å². The van der Waals surface area contributed by atoms with Gasteiger partial charge in [-0.1, -0.05) is 115 Å². The van der Waals surface area contributed by atoms with E-state index in [4.69, 9.17) is 4.74 Å². The van der Waals surface area contributed by atoms with Crippen LogP contribution in [0.15, 0.2) is 109 Å². The van der Waals surface area contributed by atoms with Crippen LogP contribution in [0.25, 0.3) is 0 Å². The lowest BCUT2D eigenvalue weighted by Gasteiger charge is -2.55. The van der Waals surface area contributed by atoms with E-state index in [9.17, 15) is 0 Å². The molecule has 38 heavy (non-hydrogen) atoms. The van der Waals surface area contributed by atoms with Crippen LogP contribution >= 0.6 is 0 Å². The molecule has 0 spiro atoms. The second kappa shape index (κ2) is 9.72. The number of halogens is 3. The molecule has 0 radical (unpaired) electrons. The lowest BCUT2D eigenvalue weighted by molar-refractivity contribution is -0.330.